The number of amides is 1. The van der Waals surface area contributed by atoms with Crippen LogP contribution in [-0.4, -0.2) is 5.91 Å². The van der Waals surface area contributed by atoms with E-state index in [1.54, 1.807) is 12.1 Å². The highest BCUT2D eigenvalue weighted by molar-refractivity contribution is 6.30. The highest BCUT2D eigenvalue weighted by atomic mass is 35.5. The van der Waals surface area contributed by atoms with Gasteiger partial charge in [-0.25, -0.2) is 4.39 Å². The lowest BCUT2D eigenvalue weighted by Gasteiger charge is -2.15. The zero-order valence-electron chi connectivity index (χ0n) is 10.9. The Labute approximate surface area is 121 Å². The number of nitrogens with one attached hydrogen (secondary N) is 1. The van der Waals surface area contributed by atoms with Crippen molar-refractivity contribution in [3.63, 3.8) is 0 Å². The maximum absolute atomic E-state index is 13.0. The van der Waals surface area contributed by atoms with E-state index in [1.807, 2.05) is 19.1 Å². The van der Waals surface area contributed by atoms with Gasteiger partial charge >= 0.3 is 0 Å². The Balaban J connectivity index is 2.13. The van der Waals surface area contributed by atoms with Crippen LogP contribution in [0.25, 0.3) is 0 Å². The third kappa shape index (κ3) is 3.27. The topological polar surface area (TPSA) is 55.1 Å². The van der Waals surface area contributed by atoms with E-state index in [-0.39, 0.29) is 23.2 Å². The Morgan fingerprint density at radius 2 is 1.90 bits per heavy atom. The molecule has 0 fully saturated rings. The van der Waals surface area contributed by atoms with Crippen LogP contribution in [0.2, 0.25) is 5.02 Å². The molecule has 1 amide bonds. The van der Waals surface area contributed by atoms with Gasteiger partial charge in [-0.1, -0.05) is 23.7 Å². The summed E-state index contributed by atoms with van der Waals surface area (Å²) in [5, 5.41) is 3.44. The SMILES string of the molecule is CC(NC(=O)c1ccc(F)cc1N)c1ccc(Cl)cc1. The second-order valence-electron chi connectivity index (χ2n) is 4.48. The number of halogens is 2. The Kier molecular flexibility index (Phi) is 4.25. The first kappa shape index (κ1) is 14.3. The van der Waals surface area contributed by atoms with Crippen molar-refractivity contribution in [3.8, 4) is 0 Å². The molecule has 2 rings (SSSR count). The first-order chi connectivity index (χ1) is 9.47. The third-order valence-corrected chi connectivity index (χ3v) is 3.23. The molecule has 0 bridgehead atoms. The van der Waals surface area contributed by atoms with Crippen molar-refractivity contribution >= 4 is 23.2 Å². The van der Waals surface area contributed by atoms with Crippen LogP contribution in [0.4, 0.5) is 10.1 Å². The van der Waals surface area contributed by atoms with Crippen LogP contribution in [0.3, 0.4) is 0 Å². The minimum Gasteiger partial charge on any atom is -0.398 e. The molecule has 1 atom stereocenters. The molecule has 3 N–H and O–H groups in total. The third-order valence-electron chi connectivity index (χ3n) is 2.98. The molecule has 5 heteroatoms. The van der Waals surface area contributed by atoms with Gasteiger partial charge < -0.3 is 11.1 Å². The van der Waals surface area contributed by atoms with Crippen molar-refractivity contribution in [1.29, 1.82) is 0 Å². The Bertz CT molecular complexity index is 628. The zero-order chi connectivity index (χ0) is 14.7. The zero-order valence-corrected chi connectivity index (χ0v) is 11.6. The van der Waals surface area contributed by atoms with Crippen LogP contribution < -0.4 is 11.1 Å². The largest absolute Gasteiger partial charge is 0.398 e. The van der Waals surface area contributed by atoms with Crippen LogP contribution in [0, 0.1) is 5.82 Å². The molecule has 0 saturated carbocycles. The Morgan fingerprint density at radius 1 is 1.25 bits per heavy atom. The van der Waals surface area contributed by atoms with Gasteiger partial charge in [0, 0.05) is 10.7 Å². The van der Waals surface area contributed by atoms with Gasteiger partial charge in [-0.05, 0) is 42.8 Å². The van der Waals surface area contributed by atoms with Gasteiger partial charge in [-0.15, -0.1) is 0 Å². The lowest BCUT2D eigenvalue weighted by Crippen LogP contribution is -2.27. The van der Waals surface area contributed by atoms with Crippen LogP contribution in [0.5, 0.6) is 0 Å². The van der Waals surface area contributed by atoms with Crippen LogP contribution in [0.15, 0.2) is 42.5 Å². The standard InChI is InChI=1S/C15H14ClFN2O/c1-9(10-2-4-11(16)5-3-10)19-15(20)13-7-6-12(17)8-14(13)18/h2-9H,18H2,1H3,(H,19,20). The molecule has 0 aliphatic rings. The van der Waals surface area contributed by atoms with Gasteiger partial charge in [0.15, 0.2) is 0 Å². The predicted octanol–water partition coefficient (Wildman–Crippen LogP) is 3.55. The van der Waals surface area contributed by atoms with Crippen LogP contribution in [-0.2, 0) is 0 Å². The maximum Gasteiger partial charge on any atom is 0.253 e. The van der Waals surface area contributed by atoms with E-state index in [4.69, 9.17) is 17.3 Å². The van der Waals surface area contributed by atoms with Gasteiger partial charge in [-0.2, -0.15) is 0 Å². The van der Waals surface area contributed by atoms with E-state index in [2.05, 4.69) is 5.32 Å². The number of hydrogen-bond acceptors (Lipinski definition) is 2. The molecule has 0 spiro atoms. The van der Waals surface area contributed by atoms with Gasteiger partial charge in [0.1, 0.15) is 5.82 Å². The second-order valence-corrected chi connectivity index (χ2v) is 4.91. The number of anilines is 1. The number of nitrogens with two attached hydrogens (primary N) is 1. The lowest BCUT2D eigenvalue weighted by atomic mass is 10.1. The summed E-state index contributed by atoms with van der Waals surface area (Å²) >= 11 is 5.81. The van der Waals surface area contributed by atoms with E-state index in [9.17, 15) is 9.18 Å². The number of hydrogen-bond donors (Lipinski definition) is 2. The molecule has 1 unspecified atom stereocenters. The number of benzene rings is 2. The van der Waals surface area contributed by atoms with Crippen LogP contribution in [0.1, 0.15) is 28.9 Å². The quantitative estimate of drug-likeness (QED) is 0.850. The van der Waals surface area contributed by atoms with Crippen molar-refractivity contribution in [3.05, 3.63) is 64.4 Å². The molecule has 0 saturated heterocycles. The highest BCUT2D eigenvalue weighted by Gasteiger charge is 2.14. The first-order valence-electron chi connectivity index (χ1n) is 6.08. The maximum atomic E-state index is 13.0. The summed E-state index contributed by atoms with van der Waals surface area (Å²) in [6.07, 6.45) is 0. The average molecular weight is 293 g/mol. The number of rotatable bonds is 3. The minimum absolute atomic E-state index is 0.116. The summed E-state index contributed by atoms with van der Waals surface area (Å²) in [4.78, 5) is 12.1. The molecule has 0 aliphatic carbocycles. The van der Waals surface area contributed by atoms with E-state index in [0.717, 1.165) is 11.6 Å². The number of nitrogen functional groups attached to an aromatic ring is 1. The molecular formula is C15H14ClFN2O. The second kappa shape index (κ2) is 5.92. The van der Waals surface area contributed by atoms with E-state index in [1.165, 1.54) is 12.1 Å². The summed E-state index contributed by atoms with van der Waals surface area (Å²) in [6.45, 7) is 1.85. The van der Waals surface area contributed by atoms with Crippen LogP contribution >= 0.6 is 11.6 Å². The average Bonchev–Trinajstić information content (AvgIpc) is 2.39. The molecule has 104 valence electrons. The molecular weight excluding hydrogens is 279 g/mol. The first-order valence-corrected chi connectivity index (χ1v) is 6.46. The Morgan fingerprint density at radius 3 is 2.50 bits per heavy atom. The normalized spacial score (nSPS) is 11.9. The van der Waals surface area contributed by atoms with Crippen molar-refractivity contribution in [2.24, 2.45) is 0 Å². The summed E-state index contributed by atoms with van der Waals surface area (Å²) in [6, 6.07) is 10.7. The summed E-state index contributed by atoms with van der Waals surface area (Å²) in [5.41, 5.74) is 6.93. The molecule has 0 radical (unpaired) electrons. The fourth-order valence-corrected chi connectivity index (χ4v) is 1.98. The molecule has 2 aromatic rings. The molecule has 0 aromatic heterocycles. The highest BCUT2D eigenvalue weighted by Crippen LogP contribution is 2.18. The van der Waals surface area contributed by atoms with E-state index < -0.39 is 5.82 Å². The summed E-state index contributed by atoms with van der Waals surface area (Å²) in [5.74, 6) is -0.810. The molecule has 20 heavy (non-hydrogen) atoms. The number of carbonyl (C=O) groups is 1. The minimum atomic E-state index is -0.468. The van der Waals surface area contributed by atoms with Crippen molar-refractivity contribution < 1.29 is 9.18 Å². The smallest absolute Gasteiger partial charge is 0.253 e. The van der Waals surface area contributed by atoms with Gasteiger partial charge in [0.2, 0.25) is 0 Å². The fourth-order valence-electron chi connectivity index (χ4n) is 1.85. The van der Waals surface area contributed by atoms with Crippen molar-refractivity contribution in [2.45, 2.75) is 13.0 Å². The van der Waals surface area contributed by atoms with E-state index >= 15 is 0 Å². The van der Waals surface area contributed by atoms with Gasteiger partial charge in [0.05, 0.1) is 11.6 Å². The molecule has 2 aromatic carbocycles. The molecule has 3 nitrogen and oxygen atoms in total. The lowest BCUT2D eigenvalue weighted by molar-refractivity contribution is 0.0941. The summed E-state index contributed by atoms with van der Waals surface area (Å²) in [7, 11) is 0. The fraction of sp³-hybridized carbons (Fsp3) is 0.133. The monoisotopic (exact) mass is 292 g/mol. The van der Waals surface area contributed by atoms with Gasteiger partial charge in [0.25, 0.3) is 5.91 Å². The van der Waals surface area contributed by atoms with Crippen molar-refractivity contribution in [1.82, 2.24) is 5.32 Å². The summed E-state index contributed by atoms with van der Waals surface area (Å²) < 4.78 is 13.0. The van der Waals surface area contributed by atoms with Gasteiger partial charge in [-0.3, -0.25) is 4.79 Å². The molecule has 0 heterocycles. The number of carbonyl (C=O) groups excluding carboxylic acids is 1. The molecule has 0 aliphatic heterocycles. The predicted molar refractivity (Wildman–Crippen MR) is 78.1 cm³/mol. The van der Waals surface area contributed by atoms with E-state index in [0.29, 0.717) is 5.02 Å². The Hall–Kier alpha value is -2.07. The van der Waals surface area contributed by atoms with Crippen molar-refractivity contribution in [2.75, 3.05) is 5.73 Å².